The van der Waals surface area contributed by atoms with Gasteiger partial charge in [-0.2, -0.15) is 0 Å². The lowest BCUT2D eigenvalue weighted by Crippen LogP contribution is -2.23. The first kappa shape index (κ1) is 43.9. The largest absolute Gasteiger partial charge is 0.455 e. The quantitative estimate of drug-likeness (QED) is 0.0130. The molecule has 0 aromatic rings. The second-order valence-corrected chi connectivity index (χ2v) is 13.7. The fourth-order valence-electron chi connectivity index (χ4n) is 5.79. The number of ether oxygens (including phenoxy) is 1. The standard InChI is InChI=1S/C41H77ClNO2/c1-4-6-8-10-12-14-16-18-20-21-23-24-26-28-30-32-34-36-40(43(3)39-42)38-45-41(44)37-35-33-31-29-27-25-22-19-17-15-13-11-9-7-5-2/h18-20,22H,4-17,21,23-39H2,1-3H3/q+1/b20-18-,22-19-,43-40+. The summed E-state index contributed by atoms with van der Waals surface area (Å²) in [7, 11) is 2.00. The van der Waals surface area contributed by atoms with E-state index in [1.54, 1.807) is 0 Å². The topological polar surface area (TPSA) is 29.3 Å². The second kappa shape index (κ2) is 37.4. The molecule has 0 amide bonds. The zero-order valence-corrected chi connectivity index (χ0v) is 31.3. The van der Waals surface area contributed by atoms with E-state index >= 15 is 0 Å². The van der Waals surface area contributed by atoms with Gasteiger partial charge in [0.05, 0.1) is 0 Å². The molecule has 45 heavy (non-hydrogen) atoms. The van der Waals surface area contributed by atoms with E-state index in [2.05, 4.69) is 38.2 Å². The molecule has 0 aromatic carbocycles. The highest BCUT2D eigenvalue weighted by molar-refractivity contribution is 6.17. The first-order valence-corrected chi connectivity index (χ1v) is 20.3. The van der Waals surface area contributed by atoms with Gasteiger partial charge in [0.1, 0.15) is 7.05 Å². The van der Waals surface area contributed by atoms with E-state index in [0.717, 1.165) is 31.4 Å². The Morgan fingerprint density at radius 2 is 0.844 bits per heavy atom. The fraction of sp³-hybridized carbons (Fsp3) is 0.854. The minimum atomic E-state index is -0.0645. The maximum Gasteiger partial charge on any atom is 0.306 e. The number of carbonyl (C=O) groups is 1. The number of alkyl halides is 1. The van der Waals surface area contributed by atoms with Gasteiger partial charge in [0.15, 0.2) is 12.3 Å². The molecule has 0 aliphatic carbocycles. The van der Waals surface area contributed by atoms with Crippen molar-refractivity contribution in [3.05, 3.63) is 24.3 Å². The van der Waals surface area contributed by atoms with E-state index in [9.17, 15) is 4.79 Å². The SMILES string of the molecule is CCCCCCCC/C=C\CCCCCCCCC/C(COC(=O)CCCCCCC/C=C\CCCCCCCC)=[N+](/C)CCl. The van der Waals surface area contributed by atoms with Crippen LogP contribution in [0.25, 0.3) is 0 Å². The van der Waals surface area contributed by atoms with Crippen LogP contribution in [0.1, 0.15) is 206 Å². The van der Waals surface area contributed by atoms with Gasteiger partial charge in [-0.3, -0.25) is 4.79 Å². The molecule has 0 aliphatic heterocycles. The van der Waals surface area contributed by atoms with Gasteiger partial charge in [-0.15, -0.1) is 0 Å². The van der Waals surface area contributed by atoms with E-state index in [0.29, 0.717) is 19.0 Å². The van der Waals surface area contributed by atoms with Crippen molar-refractivity contribution in [3.63, 3.8) is 0 Å². The van der Waals surface area contributed by atoms with E-state index < -0.39 is 0 Å². The molecule has 4 heteroatoms. The molecule has 264 valence electrons. The van der Waals surface area contributed by atoms with Crippen molar-refractivity contribution in [1.82, 2.24) is 0 Å². The van der Waals surface area contributed by atoms with Crippen LogP contribution >= 0.6 is 11.6 Å². The molecular formula is C41H77ClNO2+. The van der Waals surface area contributed by atoms with Gasteiger partial charge in [-0.1, -0.05) is 165 Å². The van der Waals surface area contributed by atoms with E-state index in [4.69, 9.17) is 16.3 Å². The third kappa shape index (κ3) is 34.1. The lowest BCUT2D eigenvalue weighted by atomic mass is 10.1. The van der Waals surface area contributed by atoms with Crippen LogP contribution in [0, 0.1) is 0 Å². The van der Waals surface area contributed by atoms with Crippen molar-refractivity contribution in [2.24, 2.45) is 0 Å². The molecule has 0 rings (SSSR count). The Morgan fingerprint density at radius 3 is 1.22 bits per heavy atom. The number of rotatable bonds is 35. The van der Waals surface area contributed by atoms with Crippen LogP contribution in [0.3, 0.4) is 0 Å². The van der Waals surface area contributed by atoms with Crippen LogP contribution in [0.2, 0.25) is 0 Å². The smallest absolute Gasteiger partial charge is 0.306 e. The predicted octanol–water partition coefficient (Wildman–Crippen LogP) is 13.7. The summed E-state index contributed by atoms with van der Waals surface area (Å²) in [5.74, 6) is -0.0645. The lowest BCUT2D eigenvalue weighted by Gasteiger charge is -2.08. The van der Waals surface area contributed by atoms with Crippen LogP contribution in [0.4, 0.5) is 0 Å². The predicted molar refractivity (Wildman–Crippen MR) is 201 cm³/mol. The number of nitrogens with zero attached hydrogens (tertiary/aromatic N) is 1. The summed E-state index contributed by atoms with van der Waals surface area (Å²) in [5.41, 5.74) is 1.15. The zero-order chi connectivity index (χ0) is 32.9. The number of halogens is 1. The molecule has 0 N–H and O–H groups in total. The molecule has 0 spiro atoms. The van der Waals surface area contributed by atoms with E-state index in [-0.39, 0.29) is 5.97 Å². The number of allylic oxidation sites excluding steroid dienone is 4. The van der Waals surface area contributed by atoms with Crippen molar-refractivity contribution in [2.75, 3.05) is 19.7 Å². The van der Waals surface area contributed by atoms with Crippen LogP contribution in [0.5, 0.6) is 0 Å². The van der Waals surface area contributed by atoms with E-state index in [1.807, 2.05) is 11.6 Å². The molecule has 0 unspecified atom stereocenters. The minimum Gasteiger partial charge on any atom is -0.455 e. The molecule has 0 saturated heterocycles. The highest BCUT2D eigenvalue weighted by Crippen LogP contribution is 2.13. The summed E-state index contributed by atoms with van der Waals surface area (Å²) in [6.45, 7) is 4.94. The van der Waals surface area contributed by atoms with Crippen molar-refractivity contribution in [1.29, 1.82) is 0 Å². The Balaban J connectivity index is 3.69. The first-order valence-electron chi connectivity index (χ1n) is 19.7. The van der Waals surface area contributed by atoms with Crippen molar-refractivity contribution < 1.29 is 14.1 Å². The Bertz CT molecular complexity index is 714. The summed E-state index contributed by atoms with van der Waals surface area (Å²) in [6, 6.07) is 0.439. The summed E-state index contributed by atoms with van der Waals surface area (Å²) in [6.07, 6.45) is 47.4. The van der Waals surface area contributed by atoms with Crippen molar-refractivity contribution in [3.8, 4) is 0 Å². The minimum absolute atomic E-state index is 0.0645. The maximum atomic E-state index is 12.3. The number of esters is 1. The third-order valence-electron chi connectivity index (χ3n) is 8.99. The first-order chi connectivity index (χ1) is 22.2. The summed E-state index contributed by atoms with van der Waals surface area (Å²) in [4.78, 5) is 12.3. The van der Waals surface area contributed by atoms with Gasteiger partial charge in [-0.25, -0.2) is 4.58 Å². The van der Waals surface area contributed by atoms with Crippen LogP contribution in [0.15, 0.2) is 24.3 Å². The fourth-order valence-corrected chi connectivity index (χ4v) is 5.96. The molecule has 0 atom stereocenters. The lowest BCUT2D eigenvalue weighted by molar-refractivity contribution is -0.480. The Morgan fingerprint density at radius 1 is 0.511 bits per heavy atom. The normalized spacial score (nSPS) is 12.4. The van der Waals surface area contributed by atoms with Crippen LogP contribution < -0.4 is 0 Å². The molecule has 0 aromatic heterocycles. The summed E-state index contributed by atoms with van der Waals surface area (Å²) >= 11 is 6.11. The van der Waals surface area contributed by atoms with Crippen molar-refractivity contribution >= 4 is 23.3 Å². The van der Waals surface area contributed by atoms with Crippen LogP contribution in [-0.2, 0) is 9.53 Å². The van der Waals surface area contributed by atoms with Crippen molar-refractivity contribution in [2.45, 2.75) is 206 Å². The summed E-state index contributed by atoms with van der Waals surface area (Å²) in [5, 5.41) is 0. The number of hydrogen-bond donors (Lipinski definition) is 0. The Hall–Kier alpha value is -1.09. The Kier molecular flexibility index (Phi) is 36.5. The molecular weight excluding hydrogens is 574 g/mol. The average Bonchev–Trinajstić information content (AvgIpc) is 3.05. The number of carbonyl (C=O) groups excluding carboxylic acids is 1. The maximum absolute atomic E-state index is 12.3. The van der Waals surface area contributed by atoms with Gasteiger partial charge in [0, 0.05) is 12.8 Å². The molecule has 0 aliphatic rings. The third-order valence-corrected chi connectivity index (χ3v) is 9.35. The van der Waals surface area contributed by atoms with Gasteiger partial charge < -0.3 is 4.74 Å². The highest BCUT2D eigenvalue weighted by Gasteiger charge is 2.13. The number of hydrogen-bond acceptors (Lipinski definition) is 2. The summed E-state index contributed by atoms with van der Waals surface area (Å²) < 4.78 is 7.68. The van der Waals surface area contributed by atoms with Gasteiger partial charge in [0.2, 0.25) is 6.00 Å². The average molecular weight is 652 g/mol. The molecule has 0 fully saturated rings. The molecule has 0 radical (unpaired) electrons. The molecule has 0 saturated carbocycles. The Labute approximate surface area is 287 Å². The van der Waals surface area contributed by atoms with E-state index in [1.165, 1.54) is 161 Å². The monoisotopic (exact) mass is 651 g/mol. The zero-order valence-electron chi connectivity index (χ0n) is 30.6. The van der Waals surface area contributed by atoms with Crippen LogP contribution in [-0.4, -0.2) is 35.9 Å². The highest BCUT2D eigenvalue weighted by atomic mass is 35.5. The molecule has 0 heterocycles. The second-order valence-electron chi connectivity index (χ2n) is 13.4. The number of unbranched alkanes of at least 4 members (excludes halogenated alkanes) is 24. The van der Waals surface area contributed by atoms with Gasteiger partial charge in [0.25, 0.3) is 0 Å². The van der Waals surface area contributed by atoms with Gasteiger partial charge >= 0.3 is 5.97 Å². The molecule has 0 bridgehead atoms. The molecule has 3 nitrogen and oxygen atoms in total. The van der Waals surface area contributed by atoms with Gasteiger partial charge in [-0.05, 0) is 64.2 Å².